The first kappa shape index (κ1) is 13.9. The van der Waals surface area contributed by atoms with Gasteiger partial charge in [0, 0.05) is 51.5 Å². The summed E-state index contributed by atoms with van der Waals surface area (Å²) >= 11 is 0. The van der Waals surface area contributed by atoms with Gasteiger partial charge in [-0.25, -0.2) is 0 Å². The Labute approximate surface area is 125 Å². The third kappa shape index (κ3) is 2.46. The predicted octanol–water partition coefficient (Wildman–Crippen LogP) is 3.56. The first-order valence-electron chi connectivity index (χ1n) is 7.55. The average Bonchev–Trinajstić information content (AvgIpc) is 2.93. The molecule has 0 amide bonds. The number of aromatic nitrogens is 1. The van der Waals surface area contributed by atoms with E-state index in [0.717, 1.165) is 41.2 Å². The van der Waals surface area contributed by atoms with Crippen LogP contribution in [0.25, 0.3) is 0 Å². The third-order valence-corrected chi connectivity index (χ3v) is 4.26. The van der Waals surface area contributed by atoms with Gasteiger partial charge in [0.25, 0.3) is 5.69 Å². The molecule has 2 aromatic rings. The van der Waals surface area contributed by atoms with Crippen LogP contribution in [-0.4, -0.2) is 22.4 Å². The minimum absolute atomic E-state index is 0.484. The van der Waals surface area contributed by atoms with E-state index in [1.54, 1.807) is 0 Å². The Balaban J connectivity index is 1.92. The van der Waals surface area contributed by atoms with Crippen molar-refractivity contribution in [1.82, 2.24) is 4.57 Å². The summed E-state index contributed by atoms with van der Waals surface area (Å²) in [6.07, 6.45) is 2.14. The second-order valence-electron chi connectivity index (χ2n) is 5.74. The monoisotopic (exact) mass is 284 g/mol. The average molecular weight is 284 g/mol. The molecule has 1 aliphatic rings. The minimum atomic E-state index is 0.484. The van der Waals surface area contributed by atoms with E-state index in [1.165, 1.54) is 11.4 Å². The molecule has 1 aromatic carbocycles. The number of benzene rings is 1. The fraction of sp³-hybridized carbons (Fsp3) is 0.412. The van der Waals surface area contributed by atoms with E-state index >= 15 is 0 Å². The molecule has 2 heterocycles. The van der Waals surface area contributed by atoms with E-state index in [2.05, 4.69) is 39.9 Å². The summed E-state index contributed by atoms with van der Waals surface area (Å²) in [5.74, 6) is 0. The van der Waals surface area contributed by atoms with Gasteiger partial charge in [-0.3, -0.25) is 0 Å². The van der Waals surface area contributed by atoms with Crippen LogP contribution in [0.15, 0.2) is 30.5 Å². The van der Waals surface area contributed by atoms with Crippen molar-refractivity contribution in [2.45, 2.75) is 33.9 Å². The Morgan fingerprint density at radius 2 is 1.90 bits per heavy atom. The summed E-state index contributed by atoms with van der Waals surface area (Å²) in [5, 5.41) is 0. The Morgan fingerprint density at radius 1 is 1.19 bits per heavy atom. The maximum absolute atomic E-state index is 12.0. The van der Waals surface area contributed by atoms with E-state index in [0.29, 0.717) is 6.54 Å². The zero-order valence-electron chi connectivity index (χ0n) is 13.0. The molecule has 0 N–H and O–H groups in total. The molecule has 4 heteroatoms. The maximum atomic E-state index is 12.0. The number of hydrogen-bond acceptors (Lipinski definition) is 2. The smallest absolute Gasteiger partial charge is 0.261 e. The number of aryl methyl sites for hydroxylation is 2. The molecular weight excluding hydrogens is 262 g/mol. The largest absolute Gasteiger partial charge is 0.364 e. The van der Waals surface area contributed by atoms with Gasteiger partial charge in [-0.2, -0.15) is 0 Å². The van der Waals surface area contributed by atoms with Crippen LogP contribution in [0, 0.1) is 18.8 Å². The van der Waals surface area contributed by atoms with Crippen molar-refractivity contribution < 1.29 is 4.76 Å². The van der Waals surface area contributed by atoms with Crippen LogP contribution in [-0.2, 0) is 13.1 Å². The van der Waals surface area contributed by atoms with E-state index in [-0.39, 0.29) is 0 Å². The van der Waals surface area contributed by atoms with Gasteiger partial charge in [-0.1, -0.05) is 0 Å². The molecule has 110 valence electrons. The lowest BCUT2D eigenvalue weighted by atomic mass is 10.1. The van der Waals surface area contributed by atoms with Gasteiger partial charge in [0.2, 0.25) is 0 Å². The highest BCUT2D eigenvalue weighted by Gasteiger charge is 2.22. The molecule has 4 nitrogen and oxygen atoms in total. The molecule has 0 bridgehead atoms. The van der Waals surface area contributed by atoms with E-state index in [9.17, 15) is 4.91 Å². The second-order valence-corrected chi connectivity index (χ2v) is 5.74. The van der Waals surface area contributed by atoms with Gasteiger partial charge in [-0.05, 0) is 45.0 Å². The number of nitroso groups, excluding NO2 is 1. The molecule has 0 atom stereocenters. The molecule has 0 saturated carbocycles. The molecule has 0 radical (unpaired) electrons. The Bertz CT molecular complexity index is 664. The van der Waals surface area contributed by atoms with E-state index < -0.39 is 0 Å². The van der Waals surface area contributed by atoms with Crippen LogP contribution < -0.4 is 4.90 Å². The Morgan fingerprint density at radius 3 is 2.57 bits per heavy atom. The summed E-state index contributed by atoms with van der Waals surface area (Å²) in [6, 6.07) is 8.56. The molecule has 0 aliphatic carbocycles. The SMILES string of the molecule is CC[N+](=O)c1c(C)cc(N2CCn3cccc3C2)cc1C. The molecule has 1 aliphatic heterocycles. The molecule has 1 aromatic heterocycles. The zero-order chi connectivity index (χ0) is 15.0. The van der Waals surface area contributed by atoms with Crippen LogP contribution in [0.4, 0.5) is 11.4 Å². The van der Waals surface area contributed by atoms with Crippen LogP contribution >= 0.6 is 0 Å². The number of fused-ring (bicyclic) bond motifs is 1. The molecule has 0 saturated heterocycles. The van der Waals surface area contributed by atoms with Crippen molar-refractivity contribution in [3.8, 4) is 0 Å². The third-order valence-electron chi connectivity index (χ3n) is 4.26. The Kier molecular flexibility index (Phi) is 3.53. The number of nitrogens with zero attached hydrogens (tertiary/aromatic N) is 3. The minimum Gasteiger partial charge on any atom is -0.364 e. The summed E-state index contributed by atoms with van der Waals surface area (Å²) in [5.41, 5.74) is 5.50. The van der Waals surface area contributed by atoms with Gasteiger partial charge >= 0.3 is 0 Å². The van der Waals surface area contributed by atoms with Crippen LogP contribution in [0.1, 0.15) is 23.7 Å². The lowest BCUT2D eigenvalue weighted by Crippen LogP contribution is -2.33. The molecule has 0 spiro atoms. The first-order chi connectivity index (χ1) is 10.1. The van der Waals surface area contributed by atoms with Gasteiger partial charge in [0.05, 0.1) is 6.54 Å². The van der Waals surface area contributed by atoms with Crippen LogP contribution in [0.3, 0.4) is 0 Å². The van der Waals surface area contributed by atoms with E-state index in [4.69, 9.17) is 0 Å². The summed E-state index contributed by atoms with van der Waals surface area (Å²) in [4.78, 5) is 14.4. The number of hydrogen-bond donors (Lipinski definition) is 0. The summed E-state index contributed by atoms with van der Waals surface area (Å²) in [6.45, 7) is 9.38. The normalized spacial score (nSPS) is 14.1. The number of anilines is 1. The predicted molar refractivity (Wildman–Crippen MR) is 85.2 cm³/mol. The fourth-order valence-corrected chi connectivity index (χ4v) is 3.20. The van der Waals surface area contributed by atoms with Crippen molar-refractivity contribution in [1.29, 1.82) is 0 Å². The van der Waals surface area contributed by atoms with Crippen molar-refractivity contribution in [2.24, 2.45) is 0 Å². The van der Waals surface area contributed by atoms with E-state index in [1.807, 2.05) is 20.8 Å². The van der Waals surface area contributed by atoms with Crippen molar-refractivity contribution >= 4 is 11.4 Å². The van der Waals surface area contributed by atoms with Gasteiger partial charge < -0.3 is 9.47 Å². The highest BCUT2D eigenvalue weighted by atomic mass is 16.3. The topological polar surface area (TPSA) is 28.2 Å². The van der Waals surface area contributed by atoms with Gasteiger partial charge in [-0.15, -0.1) is 0 Å². The van der Waals surface area contributed by atoms with Crippen molar-refractivity contribution in [3.05, 3.63) is 52.2 Å². The molecule has 3 rings (SSSR count). The fourth-order valence-electron chi connectivity index (χ4n) is 3.20. The molecular formula is C17H22N3O+. The highest BCUT2D eigenvalue weighted by molar-refractivity contribution is 5.60. The molecule has 0 fully saturated rings. The first-order valence-corrected chi connectivity index (χ1v) is 7.55. The van der Waals surface area contributed by atoms with Crippen molar-refractivity contribution in [3.63, 3.8) is 0 Å². The molecule has 0 unspecified atom stereocenters. The second kappa shape index (κ2) is 5.35. The van der Waals surface area contributed by atoms with Gasteiger partial charge in [0.1, 0.15) is 0 Å². The Hall–Kier alpha value is -2.10. The lowest BCUT2D eigenvalue weighted by Gasteiger charge is -2.31. The number of rotatable bonds is 3. The van der Waals surface area contributed by atoms with Gasteiger partial charge in [0.15, 0.2) is 6.54 Å². The molecule has 21 heavy (non-hydrogen) atoms. The summed E-state index contributed by atoms with van der Waals surface area (Å²) < 4.78 is 3.39. The highest BCUT2D eigenvalue weighted by Crippen LogP contribution is 2.30. The van der Waals surface area contributed by atoms with Crippen molar-refractivity contribution in [2.75, 3.05) is 18.0 Å². The standard InChI is InChI=1S/C17H22N3O/c1-4-20(21)17-13(2)10-16(11-14(17)3)19-9-8-18-7-5-6-15(18)12-19/h5-7,10-11H,4,8-9,12H2,1-3H3/q+1. The van der Waals surface area contributed by atoms with Crippen LogP contribution in [0.5, 0.6) is 0 Å². The van der Waals surface area contributed by atoms with Crippen LogP contribution in [0.2, 0.25) is 0 Å². The zero-order valence-corrected chi connectivity index (χ0v) is 13.0. The lowest BCUT2D eigenvalue weighted by molar-refractivity contribution is -0.459. The summed E-state index contributed by atoms with van der Waals surface area (Å²) in [7, 11) is 0. The maximum Gasteiger partial charge on any atom is 0.261 e. The quantitative estimate of drug-likeness (QED) is 0.806.